The van der Waals surface area contributed by atoms with Gasteiger partial charge in [0, 0.05) is 12.5 Å². The Morgan fingerprint density at radius 2 is 2.00 bits per heavy atom. The molecule has 1 saturated heterocycles. The lowest BCUT2D eigenvalue weighted by Gasteiger charge is -2.41. The van der Waals surface area contributed by atoms with Crippen molar-refractivity contribution in [3.8, 4) is 0 Å². The number of amides is 1. The Morgan fingerprint density at radius 1 is 1.35 bits per heavy atom. The summed E-state index contributed by atoms with van der Waals surface area (Å²) in [5.74, 6) is -1.21. The second-order valence-corrected chi connectivity index (χ2v) is 7.76. The summed E-state index contributed by atoms with van der Waals surface area (Å²) in [7, 11) is 0. The lowest BCUT2D eigenvalue weighted by molar-refractivity contribution is -0.00857. The Labute approximate surface area is 121 Å². The van der Waals surface area contributed by atoms with Gasteiger partial charge in [-0.25, -0.2) is 4.79 Å². The summed E-state index contributed by atoms with van der Waals surface area (Å²) in [5, 5.41) is 0. The molecule has 0 aromatic carbocycles. The number of hydrogen-bond donors (Lipinski definition) is 3. The SMILES string of the molecule is CC(C)(C)CN1CC2(CCCC(C(N)(N)N)C2)OC1=O. The average molecular weight is 284 g/mol. The molecule has 116 valence electrons. The van der Waals surface area contributed by atoms with E-state index >= 15 is 0 Å². The van der Waals surface area contributed by atoms with Crippen molar-refractivity contribution in [1.82, 2.24) is 4.90 Å². The van der Waals surface area contributed by atoms with E-state index in [0.717, 1.165) is 19.3 Å². The molecule has 1 amide bonds. The monoisotopic (exact) mass is 284 g/mol. The highest BCUT2D eigenvalue weighted by molar-refractivity contribution is 5.70. The maximum absolute atomic E-state index is 12.1. The summed E-state index contributed by atoms with van der Waals surface area (Å²) < 4.78 is 5.69. The Bertz CT molecular complexity index is 386. The van der Waals surface area contributed by atoms with E-state index in [1.165, 1.54) is 0 Å². The zero-order chi connectivity index (χ0) is 15.2. The maximum Gasteiger partial charge on any atom is 0.410 e. The van der Waals surface area contributed by atoms with Crippen LogP contribution in [0.25, 0.3) is 0 Å². The van der Waals surface area contributed by atoms with E-state index in [1.54, 1.807) is 4.90 Å². The van der Waals surface area contributed by atoms with E-state index in [0.29, 0.717) is 19.5 Å². The first-order valence-corrected chi connectivity index (χ1v) is 7.35. The Kier molecular flexibility index (Phi) is 3.77. The zero-order valence-corrected chi connectivity index (χ0v) is 12.8. The minimum Gasteiger partial charge on any atom is -0.441 e. The smallest absolute Gasteiger partial charge is 0.410 e. The molecule has 20 heavy (non-hydrogen) atoms. The summed E-state index contributed by atoms with van der Waals surface area (Å²) >= 11 is 0. The van der Waals surface area contributed by atoms with Crippen LogP contribution in [-0.2, 0) is 4.74 Å². The predicted octanol–water partition coefficient (Wildman–Crippen LogP) is 0.944. The predicted molar refractivity (Wildman–Crippen MR) is 77.5 cm³/mol. The largest absolute Gasteiger partial charge is 0.441 e. The molecule has 1 heterocycles. The third-order valence-electron chi connectivity index (χ3n) is 4.22. The van der Waals surface area contributed by atoms with Crippen molar-refractivity contribution < 1.29 is 9.53 Å². The number of rotatable bonds is 2. The second kappa shape index (κ2) is 4.86. The molecule has 0 aromatic heterocycles. The number of carbonyl (C=O) groups is 1. The van der Waals surface area contributed by atoms with Crippen LogP contribution in [0.1, 0.15) is 46.5 Å². The fourth-order valence-electron chi connectivity index (χ4n) is 3.37. The Hall–Kier alpha value is -0.850. The van der Waals surface area contributed by atoms with Gasteiger partial charge in [0.15, 0.2) is 0 Å². The van der Waals surface area contributed by atoms with Crippen molar-refractivity contribution in [1.29, 1.82) is 0 Å². The maximum atomic E-state index is 12.1. The van der Waals surface area contributed by atoms with Gasteiger partial charge < -0.3 is 26.8 Å². The van der Waals surface area contributed by atoms with Crippen LogP contribution in [0.3, 0.4) is 0 Å². The number of hydrogen-bond acceptors (Lipinski definition) is 5. The van der Waals surface area contributed by atoms with Gasteiger partial charge in [-0.2, -0.15) is 0 Å². The first kappa shape index (κ1) is 15.5. The molecule has 1 aliphatic heterocycles. The van der Waals surface area contributed by atoms with Gasteiger partial charge >= 0.3 is 6.09 Å². The summed E-state index contributed by atoms with van der Waals surface area (Å²) in [6, 6.07) is 0. The lowest BCUT2D eigenvalue weighted by Crippen LogP contribution is -2.65. The van der Waals surface area contributed by atoms with Crippen LogP contribution < -0.4 is 17.2 Å². The van der Waals surface area contributed by atoms with E-state index in [-0.39, 0.29) is 17.4 Å². The fourth-order valence-corrected chi connectivity index (χ4v) is 3.37. The number of carbonyl (C=O) groups excluding carboxylic acids is 1. The summed E-state index contributed by atoms with van der Waals surface area (Å²) in [6.07, 6.45) is 3.13. The van der Waals surface area contributed by atoms with Crippen LogP contribution >= 0.6 is 0 Å². The van der Waals surface area contributed by atoms with Crippen LogP contribution in [0.15, 0.2) is 0 Å². The summed E-state index contributed by atoms with van der Waals surface area (Å²) in [5.41, 5.74) is 17.1. The molecule has 2 rings (SSSR count). The molecular weight excluding hydrogens is 256 g/mol. The van der Waals surface area contributed by atoms with Crippen molar-refractivity contribution in [3.05, 3.63) is 0 Å². The van der Waals surface area contributed by atoms with Crippen molar-refractivity contribution >= 4 is 6.09 Å². The van der Waals surface area contributed by atoms with Crippen LogP contribution in [0.4, 0.5) is 4.79 Å². The van der Waals surface area contributed by atoms with E-state index < -0.39 is 11.4 Å². The summed E-state index contributed by atoms with van der Waals surface area (Å²) in [6.45, 7) is 7.64. The van der Waals surface area contributed by atoms with Gasteiger partial charge in [0.2, 0.25) is 0 Å². The number of nitrogens with two attached hydrogens (primary N) is 3. The van der Waals surface area contributed by atoms with Crippen LogP contribution in [0.2, 0.25) is 0 Å². The molecule has 2 aliphatic rings. The van der Waals surface area contributed by atoms with Crippen LogP contribution in [-0.4, -0.2) is 35.5 Å². The molecule has 1 aliphatic carbocycles. The van der Waals surface area contributed by atoms with Crippen LogP contribution in [0, 0.1) is 11.3 Å². The average Bonchev–Trinajstić information content (AvgIpc) is 2.51. The van der Waals surface area contributed by atoms with Crippen LogP contribution in [0.5, 0.6) is 0 Å². The van der Waals surface area contributed by atoms with Gasteiger partial charge in [-0.1, -0.05) is 20.8 Å². The van der Waals surface area contributed by atoms with Gasteiger partial charge in [-0.3, -0.25) is 0 Å². The molecule has 1 saturated carbocycles. The molecular formula is C14H28N4O2. The second-order valence-electron chi connectivity index (χ2n) is 7.76. The lowest BCUT2D eigenvalue weighted by atomic mass is 9.75. The van der Waals surface area contributed by atoms with E-state index in [2.05, 4.69) is 20.8 Å². The fraction of sp³-hybridized carbons (Fsp3) is 0.929. The molecule has 6 nitrogen and oxygen atoms in total. The topological polar surface area (TPSA) is 108 Å². The molecule has 6 heteroatoms. The minimum atomic E-state index is -1.20. The minimum absolute atomic E-state index is 0.0152. The van der Waals surface area contributed by atoms with Gasteiger partial charge in [-0.15, -0.1) is 0 Å². The van der Waals surface area contributed by atoms with Gasteiger partial charge in [0.25, 0.3) is 0 Å². The number of ether oxygens (including phenoxy) is 1. The van der Waals surface area contributed by atoms with Gasteiger partial charge in [-0.05, 0) is 31.1 Å². The highest BCUT2D eigenvalue weighted by Crippen LogP contribution is 2.41. The van der Waals surface area contributed by atoms with E-state index in [1.807, 2.05) is 0 Å². The summed E-state index contributed by atoms with van der Waals surface area (Å²) in [4.78, 5) is 13.9. The molecule has 0 aromatic rings. The molecule has 1 spiro atoms. The van der Waals surface area contributed by atoms with Crippen molar-refractivity contribution in [2.45, 2.75) is 57.8 Å². The Morgan fingerprint density at radius 3 is 2.55 bits per heavy atom. The standard InChI is InChI=1S/C14H28N4O2/c1-12(2,3)8-18-9-13(20-11(18)19)6-4-5-10(7-13)14(15,16)17/h10H,4-9,15-17H2,1-3H3. The highest BCUT2D eigenvalue weighted by atomic mass is 16.6. The van der Waals surface area contributed by atoms with Gasteiger partial charge in [0.1, 0.15) is 11.4 Å². The quantitative estimate of drug-likeness (QED) is 0.654. The molecule has 0 radical (unpaired) electrons. The first-order chi connectivity index (χ1) is 9.01. The number of nitrogens with zero attached hydrogens (tertiary/aromatic N) is 1. The third kappa shape index (κ3) is 3.42. The molecule has 6 N–H and O–H groups in total. The molecule has 2 unspecified atom stereocenters. The van der Waals surface area contributed by atoms with Crippen molar-refractivity contribution in [2.75, 3.05) is 13.1 Å². The molecule has 2 atom stereocenters. The molecule has 2 fully saturated rings. The van der Waals surface area contributed by atoms with E-state index in [4.69, 9.17) is 21.9 Å². The normalized spacial score (nSPS) is 31.8. The van der Waals surface area contributed by atoms with Crippen molar-refractivity contribution in [3.63, 3.8) is 0 Å². The Balaban J connectivity index is 2.07. The zero-order valence-electron chi connectivity index (χ0n) is 12.8. The first-order valence-electron chi connectivity index (χ1n) is 7.35. The molecule has 0 bridgehead atoms. The highest BCUT2D eigenvalue weighted by Gasteiger charge is 2.50. The van der Waals surface area contributed by atoms with Crippen molar-refractivity contribution in [2.24, 2.45) is 28.5 Å². The van der Waals surface area contributed by atoms with E-state index in [9.17, 15) is 4.79 Å². The third-order valence-corrected chi connectivity index (χ3v) is 4.22. The van der Waals surface area contributed by atoms with Gasteiger partial charge in [0.05, 0.1) is 6.54 Å².